The van der Waals surface area contributed by atoms with Gasteiger partial charge in [0.05, 0.1) is 12.7 Å². The van der Waals surface area contributed by atoms with E-state index in [-0.39, 0.29) is 12.2 Å². The summed E-state index contributed by atoms with van der Waals surface area (Å²) in [5.41, 5.74) is 8.12. The summed E-state index contributed by atoms with van der Waals surface area (Å²) in [4.78, 5) is 22.9. The molecule has 0 saturated carbocycles. The molecule has 19 heavy (non-hydrogen) atoms. The number of anilines is 1. The molecule has 0 aromatic heterocycles. The van der Waals surface area contributed by atoms with Crippen molar-refractivity contribution in [1.82, 2.24) is 0 Å². The van der Waals surface area contributed by atoms with Crippen LogP contribution in [0.25, 0.3) is 0 Å². The van der Waals surface area contributed by atoms with Crippen molar-refractivity contribution in [2.45, 2.75) is 26.7 Å². The number of rotatable bonds is 4. The Bertz CT molecular complexity index is 467. The lowest BCUT2D eigenvalue weighted by molar-refractivity contribution is -0.118. The molecular formula is C15H21NO3. The largest absolute Gasteiger partial charge is 0.465 e. The number of aryl methyl sites for hydroxylation is 1. The minimum atomic E-state index is -0.476. The average molecular weight is 263 g/mol. The second-order valence-electron chi connectivity index (χ2n) is 3.95. The third-order valence-corrected chi connectivity index (χ3v) is 2.60. The lowest BCUT2D eigenvalue weighted by atomic mass is 9.99. The van der Waals surface area contributed by atoms with Crippen LogP contribution in [0.2, 0.25) is 0 Å². The van der Waals surface area contributed by atoms with Gasteiger partial charge in [0, 0.05) is 18.5 Å². The van der Waals surface area contributed by atoms with Gasteiger partial charge in [-0.25, -0.2) is 4.79 Å². The number of ether oxygens (including phenoxy) is 1. The second-order valence-corrected chi connectivity index (χ2v) is 3.95. The Morgan fingerprint density at radius 3 is 2.37 bits per heavy atom. The first-order valence-electron chi connectivity index (χ1n) is 5.98. The van der Waals surface area contributed by atoms with Crippen LogP contribution in [0.1, 0.15) is 34.8 Å². The van der Waals surface area contributed by atoms with E-state index >= 15 is 0 Å². The predicted octanol–water partition coefficient (Wildman–Crippen LogP) is 2.69. The second kappa shape index (κ2) is 8.08. The molecule has 0 heterocycles. The first kappa shape index (κ1) is 16.9. The van der Waals surface area contributed by atoms with E-state index in [9.17, 15) is 9.59 Å². The highest BCUT2D eigenvalue weighted by Crippen LogP contribution is 2.22. The van der Waals surface area contributed by atoms with Crippen molar-refractivity contribution < 1.29 is 14.3 Å². The van der Waals surface area contributed by atoms with Gasteiger partial charge in [0.1, 0.15) is 5.78 Å². The summed E-state index contributed by atoms with van der Waals surface area (Å²) in [6.45, 7) is 9.65. The number of methoxy groups -OCH3 is 1. The van der Waals surface area contributed by atoms with Crippen LogP contribution in [-0.4, -0.2) is 18.9 Å². The molecular weight excluding hydrogens is 242 g/mol. The number of nitrogens with two attached hydrogens (primary N) is 1. The number of benzene rings is 1. The number of nitrogen functional groups attached to an aromatic ring is 1. The summed E-state index contributed by atoms with van der Waals surface area (Å²) >= 11 is 0. The third-order valence-electron chi connectivity index (χ3n) is 2.60. The maximum absolute atomic E-state index is 11.5. The van der Waals surface area contributed by atoms with Gasteiger partial charge in [-0.15, -0.1) is 13.2 Å². The molecule has 0 unspecified atom stereocenters. The van der Waals surface area contributed by atoms with E-state index in [0.717, 1.165) is 5.56 Å². The number of hydrogen-bond acceptors (Lipinski definition) is 4. The highest BCUT2D eigenvalue weighted by atomic mass is 16.5. The van der Waals surface area contributed by atoms with Crippen LogP contribution >= 0.6 is 0 Å². The number of ketones is 1. The Kier molecular flexibility index (Phi) is 7.19. The van der Waals surface area contributed by atoms with E-state index in [4.69, 9.17) is 5.73 Å². The number of carbonyl (C=O) groups is 2. The molecule has 4 heteroatoms. The Balaban J connectivity index is 0.00000154. The first-order valence-corrected chi connectivity index (χ1v) is 5.98. The molecule has 0 fully saturated rings. The van der Waals surface area contributed by atoms with Crippen molar-refractivity contribution in [2.75, 3.05) is 12.8 Å². The Morgan fingerprint density at radius 1 is 1.32 bits per heavy atom. The van der Waals surface area contributed by atoms with Gasteiger partial charge >= 0.3 is 5.97 Å². The Labute approximate surface area is 114 Å². The van der Waals surface area contributed by atoms with Crippen molar-refractivity contribution in [3.63, 3.8) is 0 Å². The predicted molar refractivity (Wildman–Crippen MR) is 77.2 cm³/mol. The van der Waals surface area contributed by atoms with Gasteiger partial charge in [-0.05, 0) is 24.1 Å². The number of esters is 1. The van der Waals surface area contributed by atoms with Gasteiger partial charge < -0.3 is 10.5 Å². The van der Waals surface area contributed by atoms with Gasteiger partial charge in [-0.3, -0.25) is 4.79 Å². The number of hydrogen-bond donors (Lipinski definition) is 1. The zero-order valence-electron chi connectivity index (χ0n) is 11.8. The number of Topliss-reactive ketones (excluding diaryl/α,β-unsaturated/α-hetero) is 1. The smallest absolute Gasteiger partial charge is 0.339 e. The van der Waals surface area contributed by atoms with Crippen LogP contribution in [0, 0.1) is 6.92 Å². The summed E-state index contributed by atoms with van der Waals surface area (Å²) in [6.07, 6.45) is 0.717. The van der Waals surface area contributed by atoms with Crippen LogP contribution in [0.3, 0.4) is 0 Å². The molecule has 4 nitrogen and oxygen atoms in total. The zero-order chi connectivity index (χ0) is 15.0. The summed E-state index contributed by atoms with van der Waals surface area (Å²) in [5, 5.41) is 0. The molecule has 2 N–H and O–H groups in total. The van der Waals surface area contributed by atoms with Crippen LogP contribution in [0.4, 0.5) is 5.69 Å². The SMILES string of the molecule is C=C.CCC(=O)Cc1cc(C)cc(C(=O)OC)c1N. The third kappa shape index (κ3) is 4.58. The molecule has 0 aliphatic carbocycles. The van der Waals surface area contributed by atoms with Crippen molar-refractivity contribution >= 4 is 17.4 Å². The first-order chi connectivity index (χ1) is 8.99. The van der Waals surface area contributed by atoms with Crippen LogP contribution in [0.5, 0.6) is 0 Å². The van der Waals surface area contributed by atoms with Gasteiger partial charge in [0.25, 0.3) is 0 Å². The van der Waals surface area contributed by atoms with E-state index < -0.39 is 5.97 Å². The van der Waals surface area contributed by atoms with Crippen molar-refractivity contribution in [3.8, 4) is 0 Å². The summed E-state index contributed by atoms with van der Waals surface area (Å²) in [7, 11) is 1.31. The standard InChI is InChI=1S/C13H17NO3.C2H4/c1-4-10(15)7-9-5-8(2)6-11(12(9)14)13(16)17-3;1-2/h5-6H,4,7,14H2,1-3H3;1-2H2. The summed E-state index contributed by atoms with van der Waals surface area (Å²) in [5.74, 6) is -0.380. The molecule has 0 saturated heterocycles. The molecule has 0 bridgehead atoms. The molecule has 1 rings (SSSR count). The van der Waals surface area contributed by atoms with E-state index in [1.165, 1.54) is 7.11 Å². The summed E-state index contributed by atoms with van der Waals surface area (Å²) < 4.78 is 4.65. The lowest BCUT2D eigenvalue weighted by Gasteiger charge is -2.10. The molecule has 1 aromatic rings. The maximum atomic E-state index is 11.5. The van der Waals surface area contributed by atoms with E-state index in [0.29, 0.717) is 23.2 Å². The molecule has 0 aliphatic heterocycles. The molecule has 0 atom stereocenters. The van der Waals surface area contributed by atoms with Crippen molar-refractivity contribution in [3.05, 3.63) is 42.0 Å². The molecule has 0 amide bonds. The Morgan fingerprint density at radius 2 is 1.89 bits per heavy atom. The van der Waals surface area contributed by atoms with Gasteiger partial charge in [-0.1, -0.05) is 13.0 Å². The van der Waals surface area contributed by atoms with E-state index in [2.05, 4.69) is 17.9 Å². The highest BCUT2D eigenvalue weighted by Gasteiger charge is 2.15. The highest BCUT2D eigenvalue weighted by molar-refractivity contribution is 5.97. The minimum absolute atomic E-state index is 0.0955. The van der Waals surface area contributed by atoms with Crippen LogP contribution in [-0.2, 0) is 16.0 Å². The number of carbonyl (C=O) groups excluding carboxylic acids is 2. The average Bonchev–Trinajstić information content (AvgIpc) is 2.43. The fraction of sp³-hybridized carbons (Fsp3) is 0.333. The van der Waals surface area contributed by atoms with E-state index in [1.807, 2.05) is 13.0 Å². The lowest BCUT2D eigenvalue weighted by Crippen LogP contribution is -2.11. The van der Waals surface area contributed by atoms with Gasteiger partial charge in [0.2, 0.25) is 0 Å². The van der Waals surface area contributed by atoms with Crippen LogP contribution in [0.15, 0.2) is 25.3 Å². The topological polar surface area (TPSA) is 69.4 Å². The summed E-state index contributed by atoms with van der Waals surface area (Å²) in [6, 6.07) is 3.50. The monoisotopic (exact) mass is 263 g/mol. The molecule has 0 radical (unpaired) electrons. The fourth-order valence-corrected chi connectivity index (χ4v) is 1.64. The minimum Gasteiger partial charge on any atom is -0.465 e. The van der Waals surface area contributed by atoms with Crippen molar-refractivity contribution in [1.29, 1.82) is 0 Å². The van der Waals surface area contributed by atoms with Gasteiger partial charge in [-0.2, -0.15) is 0 Å². The van der Waals surface area contributed by atoms with Gasteiger partial charge in [0.15, 0.2) is 0 Å². The Hall–Kier alpha value is -2.10. The zero-order valence-corrected chi connectivity index (χ0v) is 11.8. The van der Waals surface area contributed by atoms with E-state index in [1.54, 1.807) is 13.0 Å². The van der Waals surface area contributed by atoms with Crippen LogP contribution < -0.4 is 5.73 Å². The quantitative estimate of drug-likeness (QED) is 0.515. The molecule has 104 valence electrons. The molecule has 1 aromatic carbocycles. The molecule has 0 spiro atoms. The van der Waals surface area contributed by atoms with Crippen molar-refractivity contribution in [2.24, 2.45) is 0 Å². The maximum Gasteiger partial charge on any atom is 0.339 e. The molecule has 0 aliphatic rings. The normalized spacial score (nSPS) is 9.21. The fourth-order valence-electron chi connectivity index (χ4n) is 1.64.